The van der Waals surface area contributed by atoms with Crippen LogP contribution in [0.3, 0.4) is 0 Å². The summed E-state index contributed by atoms with van der Waals surface area (Å²) in [7, 11) is 0. The van der Waals surface area contributed by atoms with E-state index in [4.69, 9.17) is 12.2 Å². The molecular formula is C14H14N4OS. The predicted molar refractivity (Wildman–Crippen MR) is 80.3 cm³/mol. The molecule has 2 heterocycles. The molecule has 102 valence electrons. The fourth-order valence-corrected chi connectivity index (χ4v) is 2.53. The summed E-state index contributed by atoms with van der Waals surface area (Å²) < 4.78 is 2.08. The number of aryl methyl sites for hydroxylation is 1. The van der Waals surface area contributed by atoms with Gasteiger partial charge in [-0.3, -0.25) is 9.36 Å². The van der Waals surface area contributed by atoms with Gasteiger partial charge in [-0.25, -0.2) is 4.98 Å². The minimum atomic E-state index is -0.0358. The zero-order valence-corrected chi connectivity index (χ0v) is 11.6. The molecule has 1 aromatic carbocycles. The van der Waals surface area contributed by atoms with Crippen LogP contribution in [0, 0.1) is 4.77 Å². The maximum atomic E-state index is 12.4. The molecule has 0 spiro atoms. The molecule has 3 rings (SSSR count). The number of imidazole rings is 1. The minimum Gasteiger partial charge on any atom is -0.351 e. The zero-order valence-electron chi connectivity index (χ0n) is 10.8. The normalized spacial score (nSPS) is 11.0. The van der Waals surface area contributed by atoms with Crippen molar-refractivity contribution in [2.45, 2.75) is 19.4 Å². The van der Waals surface area contributed by atoms with Gasteiger partial charge in [0.2, 0.25) is 0 Å². The third kappa shape index (κ3) is 2.42. The Labute approximate surface area is 120 Å². The number of para-hydroxylation sites is 1. The molecule has 0 aliphatic carbocycles. The number of fused-ring (bicyclic) bond motifs is 1. The lowest BCUT2D eigenvalue weighted by Crippen LogP contribution is -2.22. The highest BCUT2D eigenvalue weighted by molar-refractivity contribution is 7.71. The van der Waals surface area contributed by atoms with Gasteiger partial charge in [-0.1, -0.05) is 12.1 Å². The smallest absolute Gasteiger partial charge is 0.262 e. The van der Waals surface area contributed by atoms with Gasteiger partial charge in [0.05, 0.1) is 22.9 Å². The Balaban J connectivity index is 1.88. The lowest BCUT2D eigenvalue weighted by Gasteiger charge is -2.07. The second kappa shape index (κ2) is 5.42. The van der Waals surface area contributed by atoms with Crippen molar-refractivity contribution in [1.29, 1.82) is 0 Å². The van der Waals surface area contributed by atoms with E-state index >= 15 is 0 Å². The molecule has 0 fully saturated rings. The molecule has 2 N–H and O–H groups in total. The lowest BCUT2D eigenvalue weighted by atomic mass is 10.2. The van der Waals surface area contributed by atoms with Gasteiger partial charge in [0.25, 0.3) is 5.56 Å². The van der Waals surface area contributed by atoms with Crippen LogP contribution in [0.4, 0.5) is 0 Å². The molecule has 20 heavy (non-hydrogen) atoms. The molecule has 0 saturated heterocycles. The average molecular weight is 286 g/mol. The molecule has 0 radical (unpaired) electrons. The zero-order chi connectivity index (χ0) is 13.9. The number of nitrogens with one attached hydrogen (secondary N) is 2. The Bertz CT molecular complexity index is 832. The Morgan fingerprint density at radius 1 is 1.30 bits per heavy atom. The van der Waals surface area contributed by atoms with Crippen LogP contribution in [-0.2, 0) is 13.0 Å². The van der Waals surface area contributed by atoms with Crippen molar-refractivity contribution in [2.75, 3.05) is 0 Å². The highest BCUT2D eigenvalue weighted by atomic mass is 32.1. The lowest BCUT2D eigenvalue weighted by molar-refractivity contribution is 0.606. The van der Waals surface area contributed by atoms with Crippen molar-refractivity contribution in [3.05, 3.63) is 57.6 Å². The van der Waals surface area contributed by atoms with Crippen LogP contribution < -0.4 is 5.56 Å². The van der Waals surface area contributed by atoms with Crippen LogP contribution in [0.1, 0.15) is 12.1 Å². The highest BCUT2D eigenvalue weighted by Gasteiger charge is 2.05. The first-order chi connectivity index (χ1) is 9.75. The summed E-state index contributed by atoms with van der Waals surface area (Å²) in [5, 5.41) is 0.667. The molecule has 0 atom stereocenters. The first kappa shape index (κ1) is 12.8. The van der Waals surface area contributed by atoms with Crippen LogP contribution in [0.25, 0.3) is 10.9 Å². The van der Waals surface area contributed by atoms with E-state index in [1.165, 1.54) is 0 Å². The Morgan fingerprint density at radius 2 is 2.15 bits per heavy atom. The van der Waals surface area contributed by atoms with Crippen LogP contribution in [0.5, 0.6) is 0 Å². The molecule has 0 bridgehead atoms. The second-order valence-corrected chi connectivity index (χ2v) is 4.98. The van der Waals surface area contributed by atoms with Crippen molar-refractivity contribution < 1.29 is 0 Å². The first-order valence-electron chi connectivity index (χ1n) is 6.45. The number of benzene rings is 1. The molecular weight excluding hydrogens is 272 g/mol. The summed E-state index contributed by atoms with van der Waals surface area (Å²) in [6, 6.07) is 7.41. The maximum absolute atomic E-state index is 12.4. The van der Waals surface area contributed by atoms with Gasteiger partial charge in [0.15, 0.2) is 4.77 Å². The Hall–Kier alpha value is -2.21. The maximum Gasteiger partial charge on any atom is 0.262 e. The molecule has 2 aromatic heterocycles. The fraction of sp³-hybridized carbons (Fsp3) is 0.214. The van der Waals surface area contributed by atoms with Gasteiger partial charge in [-0.2, -0.15) is 0 Å². The van der Waals surface area contributed by atoms with Crippen molar-refractivity contribution >= 4 is 23.1 Å². The topological polar surface area (TPSA) is 66.5 Å². The van der Waals surface area contributed by atoms with E-state index in [1.54, 1.807) is 10.9 Å². The van der Waals surface area contributed by atoms with Gasteiger partial charge in [-0.15, -0.1) is 0 Å². The average Bonchev–Trinajstić information content (AvgIpc) is 2.96. The second-order valence-electron chi connectivity index (χ2n) is 4.60. The largest absolute Gasteiger partial charge is 0.351 e. The third-order valence-corrected chi connectivity index (χ3v) is 3.58. The van der Waals surface area contributed by atoms with E-state index < -0.39 is 0 Å². The van der Waals surface area contributed by atoms with E-state index in [0.29, 0.717) is 16.7 Å². The number of hydrogen-bond donors (Lipinski definition) is 2. The van der Waals surface area contributed by atoms with Gasteiger partial charge in [-0.05, 0) is 37.2 Å². The quantitative estimate of drug-likeness (QED) is 0.724. The number of hydrogen-bond acceptors (Lipinski definition) is 3. The molecule has 0 unspecified atom stereocenters. The van der Waals surface area contributed by atoms with Gasteiger partial charge < -0.3 is 9.97 Å². The SMILES string of the molecule is O=c1c2ccccc2[nH]c(=S)n1CCCc1c[nH]cn1. The minimum absolute atomic E-state index is 0.0358. The molecule has 0 amide bonds. The molecule has 0 saturated carbocycles. The van der Waals surface area contributed by atoms with Crippen molar-refractivity contribution in [3.8, 4) is 0 Å². The highest BCUT2D eigenvalue weighted by Crippen LogP contribution is 2.07. The number of rotatable bonds is 4. The third-order valence-electron chi connectivity index (χ3n) is 3.26. The fourth-order valence-electron chi connectivity index (χ4n) is 2.25. The van der Waals surface area contributed by atoms with Gasteiger partial charge in [0.1, 0.15) is 0 Å². The van der Waals surface area contributed by atoms with Crippen LogP contribution in [-0.4, -0.2) is 19.5 Å². The summed E-state index contributed by atoms with van der Waals surface area (Å²) in [6.07, 6.45) is 5.16. The summed E-state index contributed by atoms with van der Waals surface area (Å²) in [6.45, 7) is 0.589. The van der Waals surface area contributed by atoms with E-state index in [9.17, 15) is 4.79 Å². The van der Waals surface area contributed by atoms with Crippen LogP contribution >= 0.6 is 12.2 Å². The summed E-state index contributed by atoms with van der Waals surface area (Å²) in [4.78, 5) is 22.6. The number of nitrogens with zero attached hydrogens (tertiary/aromatic N) is 2. The van der Waals surface area contributed by atoms with E-state index in [2.05, 4.69) is 15.0 Å². The molecule has 6 heteroatoms. The van der Waals surface area contributed by atoms with E-state index in [1.807, 2.05) is 30.5 Å². The standard InChI is InChI=1S/C14H14N4OS/c19-13-11-5-1-2-6-12(11)17-14(20)18(13)7-3-4-10-8-15-9-16-10/h1-2,5-6,8-9H,3-4,7H2,(H,15,16)(H,17,20). The molecule has 0 aliphatic heterocycles. The molecule has 3 aromatic rings. The van der Waals surface area contributed by atoms with E-state index in [-0.39, 0.29) is 5.56 Å². The number of H-pyrrole nitrogens is 2. The van der Waals surface area contributed by atoms with Crippen LogP contribution in [0.2, 0.25) is 0 Å². The summed E-state index contributed by atoms with van der Waals surface area (Å²) in [5.41, 5.74) is 1.74. The Kier molecular flexibility index (Phi) is 3.47. The van der Waals surface area contributed by atoms with Gasteiger partial charge in [0, 0.05) is 12.7 Å². The van der Waals surface area contributed by atoms with Gasteiger partial charge >= 0.3 is 0 Å². The summed E-state index contributed by atoms with van der Waals surface area (Å²) in [5.74, 6) is 0. The monoisotopic (exact) mass is 286 g/mol. The molecule has 0 aliphatic rings. The first-order valence-corrected chi connectivity index (χ1v) is 6.86. The molecule has 5 nitrogen and oxygen atoms in total. The Morgan fingerprint density at radius 3 is 2.95 bits per heavy atom. The van der Waals surface area contributed by atoms with Crippen molar-refractivity contribution in [1.82, 2.24) is 19.5 Å². The predicted octanol–water partition coefficient (Wildman–Crippen LogP) is 2.41. The van der Waals surface area contributed by atoms with E-state index in [0.717, 1.165) is 24.1 Å². The van der Waals surface area contributed by atoms with Crippen molar-refractivity contribution in [3.63, 3.8) is 0 Å². The number of aromatic nitrogens is 4. The summed E-state index contributed by atoms with van der Waals surface area (Å²) >= 11 is 5.27. The van der Waals surface area contributed by atoms with Crippen LogP contribution in [0.15, 0.2) is 41.6 Å². The van der Waals surface area contributed by atoms with Crippen molar-refractivity contribution in [2.24, 2.45) is 0 Å². The number of aromatic amines is 2.